The molecule has 0 saturated heterocycles. The first-order valence-electron chi connectivity index (χ1n) is 34.1. The van der Waals surface area contributed by atoms with Crippen LogP contribution in [0, 0.1) is 11.8 Å². The molecule has 2 aromatic heterocycles. The zero-order chi connectivity index (χ0) is 53.9. The van der Waals surface area contributed by atoms with Gasteiger partial charge in [0.25, 0.3) is 11.8 Å². The summed E-state index contributed by atoms with van der Waals surface area (Å²) < 4.78 is 0. The topological polar surface area (TPSA) is 40.6 Å². The molecule has 2 amide bonds. The van der Waals surface area contributed by atoms with Crippen LogP contribution in [0.1, 0.15) is 358 Å². The number of nitrogens with zero attached hydrogens (tertiary/aromatic N) is 2. The number of thiophene rings is 2. The SMILES string of the molecule is CCCCCCCCCCCCC(CCCCCCCCCC)CCCCCCN1C(=O)/C(=C2\C(=O)N(CCCCCCC(CCCCCCCCCC)CCCCCCCCCCCC)c3ccsc32)c2sccc21. The van der Waals surface area contributed by atoms with Crippen LogP contribution in [0.4, 0.5) is 11.4 Å². The molecule has 4 heterocycles. The van der Waals surface area contributed by atoms with Gasteiger partial charge in [-0.3, -0.25) is 9.59 Å². The lowest BCUT2D eigenvalue weighted by atomic mass is 9.89. The number of hydrogen-bond acceptors (Lipinski definition) is 4. The van der Waals surface area contributed by atoms with Crippen LogP contribution in [-0.4, -0.2) is 24.9 Å². The van der Waals surface area contributed by atoms with Crippen LogP contribution in [-0.2, 0) is 9.59 Å². The lowest BCUT2D eigenvalue weighted by Gasteiger charge is -2.18. The molecule has 0 fully saturated rings. The molecule has 0 aromatic carbocycles. The molecular formula is C70H122N2O2S2. The molecular weight excluding hydrogens is 965 g/mol. The zero-order valence-electron chi connectivity index (χ0n) is 50.8. The summed E-state index contributed by atoms with van der Waals surface area (Å²) in [5, 5.41) is 4.24. The number of amides is 2. The fraction of sp³-hybridized carbons (Fsp3) is 0.829. The molecule has 6 heteroatoms. The molecule has 0 radical (unpaired) electrons. The van der Waals surface area contributed by atoms with E-state index in [-0.39, 0.29) is 11.8 Å². The number of unbranched alkanes of at least 4 members (excludes halogenated alkanes) is 38. The van der Waals surface area contributed by atoms with Crippen molar-refractivity contribution in [2.45, 2.75) is 349 Å². The van der Waals surface area contributed by atoms with E-state index >= 15 is 0 Å². The fourth-order valence-electron chi connectivity index (χ4n) is 12.9. The van der Waals surface area contributed by atoms with Crippen LogP contribution in [0.2, 0.25) is 0 Å². The van der Waals surface area contributed by atoms with Crippen molar-refractivity contribution in [2.24, 2.45) is 11.8 Å². The summed E-state index contributed by atoms with van der Waals surface area (Å²) in [6.07, 6.45) is 68.9. The maximum absolute atomic E-state index is 14.5. The third-order valence-corrected chi connectivity index (χ3v) is 19.7. The minimum atomic E-state index is 0.0488. The van der Waals surface area contributed by atoms with E-state index in [1.54, 1.807) is 22.7 Å². The Morgan fingerprint density at radius 3 is 0.750 bits per heavy atom. The Kier molecular flexibility index (Phi) is 39.2. The largest absolute Gasteiger partial charge is 0.307 e. The molecule has 2 aliphatic heterocycles. The average molecular weight is 1090 g/mol. The van der Waals surface area contributed by atoms with Gasteiger partial charge in [-0.15, -0.1) is 22.7 Å². The van der Waals surface area contributed by atoms with Gasteiger partial charge in [0.15, 0.2) is 0 Å². The van der Waals surface area contributed by atoms with Gasteiger partial charge in [-0.2, -0.15) is 0 Å². The van der Waals surface area contributed by atoms with Gasteiger partial charge in [-0.1, -0.05) is 336 Å². The van der Waals surface area contributed by atoms with E-state index in [0.29, 0.717) is 11.1 Å². The Labute approximate surface area is 480 Å². The van der Waals surface area contributed by atoms with Gasteiger partial charge < -0.3 is 9.80 Å². The van der Waals surface area contributed by atoms with Crippen molar-refractivity contribution in [3.63, 3.8) is 0 Å². The smallest absolute Gasteiger partial charge is 0.260 e. The number of rotatable bonds is 54. The van der Waals surface area contributed by atoms with Gasteiger partial charge in [0.1, 0.15) is 0 Å². The Morgan fingerprint density at radius 2 is 0.513 bits per heavy atom. The highest BCUT2D eigenvalue weighted by Crippen LogP contribution is 2.50. The van der Waals surface area contributed by atoms with Crippen molar-refractivity contribution in [2.75, 3.05) is 22.9 Å². The van der Waals surface area contributed by atoms with Crippen molar-refractivity contribution in [3.05, 3.63) is 32.6 Å². The molecule has 2 atom stereocenters. The molecule has 0 N–H and O–H groups in total. The number of hydrogen-bond donors (Lipinski definition) is 0. The number of carbonyl (C=O) groups is 2. The van der Waals surface area contributed by atoms with Crippen molar-refractivity contribution >= 4 is 57.0 Å². The summed E-state index contributed by atoms with van der Waals surface area (Å²) in [7, 11) is 0. The molecule has 2 aliphatic rings. The highest BCUT2D eigenvalue weighted by molar-refractivity contribution is 7.14. The Hall–Kier alpha value is -1.92. The van der Waals surface area contributed by atoms with E-state index in [2.05, 4.69) is 50.6 Å². The van der Waals surface area contributed by atoms with Crippen LogP contribution in [0.25, 0.3) is 11.1 Å². The number of anilines is 2. The second kappa shape index (κ2) is 44.8. The van der Waals surface area contributed by atoms with Crippen LogP contribution in [0.3, 0.4) is 0 Å². The second-order valence-corrected chi connectivity index (χ2v) is 26.4. The van der Waals surface area contributed by atoms with Gasteiger partial charge >= 0.3 is 0 Å². The first-order valence-corrected chi connectivity index (χ1v) is 35.8. The van der Waals surface area contributed by atoms with Gasteiger partial charge in [-0.05, 0) is 47.6 Å². The van der Waals surface area contributed by atoms with E-state index in [1.807, 2.05) is 9.80 Å². The quantitative estimate of drug-likeness (QED) is 0.0489. The summed E-state index contributed by atoms with van der Waals surface area (Å²) in [6, 6.07) is 4.25. The van der Waals surface area contributed by atoms with Crippen LogP contribution < -0.4 is 9.80 Å². The molecule has 4 nitrogen and oxygen atoms in total. The van der Waals surface area contributed by atoms with E-state index in [1.165, 1.54) is 308 Å². The van der Waals surface area contributed by atoms with Gasteiger partial charge in [0, 0.05) is 13.1 Å². The summed E-state index contributed by atoms with van der Waals surface area (Å²) in [6.45, 7) is 10.7. The van der Waals surface area contributed by atoms with Crippen molar-refractivity contribution < 1.29 is 9.59 Å². The third-order valence-electron chi connectivity index (χ3n) is 17.8. The monoisotopic (exact) mass is 1090 g/mol. The highest BCUT2D eigenvalue weighted by atomic mass is 32.1. The molecule has 0 saturated carbocycles. The van der Waals surface area contributed by atoms with Gasteiger partial charge in [0.05, 0.1) is 32.3 Å². The van der Waals surface area contributed by atoms with Crippen LogP contribution in [0.5, 0.6) is 0 Å². The molecule has 436 valence electrons. The van der Waals surface area contributed by atoms with E-state index in [0.717, 1.165) is 58.9 Å². The lowest BCUT2D eigenvalue weighted by molar-refractivity contribution is -0.114. The summed E-state index contributed by atoms with van der Waals surface area (Å²) in [4.78, 5) is 35.0. The first-order chi connectivity index (χ1) is 37.5. The maximum Gasteiger partial charge on any atom is 0.260 e. The predicted octanol–water partition coefficient (Wildman–Crippen LogP) is 24.2. The van der Waals surface area contributed by atoms with E-state index < -0.39 is 0 Å². The minimum absolute atomic E-state index is 0.0488. The summed E-state index contributed by atoms with van der Waals surface area (Å²) in [5.41, 5.74) is 3.39. The van der Waals surface area contributed by atoms with Gasteiger partial charge in [-0.25, -0.2) is 0 Å². The van der Waals surface area contributed by atoms with Crippen molar-refractivity contribution in [1.29, 1.82) is 0 Å². The van der Waals surface area contributed by atoms with Crippen molar-refractivity contribution in [3.8, 4) is 0 Å². The minimum Gasteiger partial charge on any atom is -0.307 e. The molecule has 0 aliphatic carbocycles. The third kappa shape index (κ3) is 27.0. The number of carbonyl (C=O) groups excluding carboxylic acids is 2. The standard InChI is InChI=1S/C70H122N2O2S2/c1-5-9-13-17-21-25-27-31-35-43-51-61(49-41-33-29-23-19-15-11-7-3)53-45-37-39-47-57-71-63-55-59-75-67(63)65(69(71)73)66-68-64(56-60-76-68)72(70(66)74)58-48-40-38-46-54-62(50-42-34-30-24-20-16-12-8-4)52-44-36-32-28-26-22-18-14-10-6-2/h55-56,59-62H,5-54,57-58H2,1-4H3/b66-65-. The van der Waals surface area contributed by atoms with Crippen LogP contribution in [0.15, 0.2) is 22.9 Å². The van der Waals surface area contributed by atoms with Crippen LogP contribution >= 0.6 is 22.7 Å². The Morgan fingerprint density at radius 1 is 0.303 bits per heavy atom. The Balaban J connectivity index is 1.19. The fourth-order valence-corrected chi connectivity index (χ4v) is 14.8. The molecule has 0 bridgehead atoms. The summed E-state index contributed by atoms with van der Waals surface area (Å²) in [5.74, 6) is 1.87. The van der Waals surface area contributed by atoms with E-state index in [4.69, 9.17) is 0 Å². The summed E-state index contributed by atoms with van der Waals surface area (Å²) >= 11 is 3.28. The Bertz CT molecular complexity index is 1620. The molecule has 76 heavy (non-hydrogen) atoms. The van der Waals surface area contributed by atoms with Gasteiger partial charge in [0.2, 0.25) is 0 Å². The first kappa shape index (κ1) is 66.6. The van der Waals surface area contributed by atoms with Crippen molar-refractivity contribution in [1.82, 2.24) is 0 Å². The number of fused-ring (bicyclic) bond motifs is 2. The molecule has 2 aromatic rings. The zero-order valence-corrected chi connectivity index (χ0v) is 52.4. The van der Waals surface area contributed by atoms with E-state index in [9.17, 15) is 9.59 Å². The maximum atomic E-state index is 14.5. The normalized spacial score (nSPS) is 15.2. The second-order valence-electron chi connectivity index (χ2n) is 24.5. The predicted molar refractivity (Wildman–Crippen MR) is 341 cm³/mol. The lowest BCUT2D eigenvalue weighted by Crippen LogP contribution is -2.30. The highest BCUT2D eigenvalue weighted by Gasteiger charge is 2.43. The average Bonchev–Trinajstić information content (AvgIpc) is 4.26. The molecule has 2 unspecified atom stereocenters. The molecule has 0 spiro atoms. The molecule has 4 rings (SSSR count).